The van der Waals surface area contributed by atoms with E-state index >= 15 is 0 Å². The SMILES string of the molecule is CC(CN)CNC(=O)CSc1ccccc1. The van der Waals surface area contributed by atoms with E-state index in [9.17, 15) is 4.79 Å². The molecule has 1 aromatic carbocycles. The summed E-state index contributed by atoms with van der Waals surface area (Å²) in [6, 6.07) is 9.90. The van der Waals surface area contributed by atoms with Gasteiger partial charge in [-0.05, 0) is 24.6 Å². The number of carbonyl (C=O) groups excluding carboxylic acids is 1. The molecule has 1 amide bonds. The standard InChI is InChI=1S/C12H18N2OS/c1-10(7-13)8-14-12(15)9-16-11-5-3-2-4-6-11/h2-6,10H,7-9,13H2,1H3,(H,14,15). The van der Waals surface area contributed by atoms with Crippen LogP contribution >= 0.6 is 11.8 Å². The zero-order chi connectivity index (χ0) is 11.8. The van der Waals surface area contributed by atoms with Crippen LogP contribution < -0.4 is 11.1 Å². The van der Waals surface area contributed by atoms with Crippen molar-refractivity contribution < 1.29 is 4.79 Å². The molecule has 1 aromatic rings. The van der Waals surface area contributed by atoms with Gasteiger partial charge in [0, 0.05) is 11.4 Å². The Hall–Kier alpha value is -1.00. The molecule has 0 bridgehead atoms. The lowest BCUT2D eigenvalue weighted by Gasteiger charge is -2.09. The number of amides is 1. The highest BCUT2D eigenvalue weighted by molar-refractivity contribution is 8.00. The highest BCUT2D eigenvalue weighted by Gasteiger charge is 2.04. The van der Waals surface area contributed by atoms with Crippen LogP contribution in [0, 0.1) is 5.92 Å². The van der Waals surface area contributed by atoms with Crippen molar-refractivity contribution in [1.29, 1.82) is 0 Å². The fourth-order valence-corrected chi connectivity index (χ4v) is 1.84. The summed E-state index contributed by atoms with van der Waals surface area (Å²) in [7, 11) is 0. The van der Waals surface area contributed by atoms with E-state index in [1.54, 1.807) is 11.8 Å². The Morgan fingerprint density at radius 3 is 2.75 bits per heavy atom. The highest BCUT2D eigenvalue weighted by Crippen LogP contribution is 2.16. The van der Waals surface area contributed by atoms with E-state index < -0.39 is 0 Å². The molecule has 0 aliphatic rings. The average Bonchev–Trinajstić information content (AvgIpc) is 2.34. The van der Waals surface area contributed by atoms with Gasteiger partial charge in [-0.2, -0.15) is 0 Å². The van der Waals surface area contributed by atoms with Crippen molar-refractivity contribution in [2.75, 3.05) is 18.8 Å². The van der Waals surface area contributed by atoms with Crippen LogP contribution in [0.1, 0.15) is 6.92 Å². The molecule has 1 atom stereocenters. The van der Waals surface area contributed by atoms with Gasteiger partial charge < -0.3 is 11.1 Å². The van der Waals surface area contributed by atoms with Crippen LogP contribution in [0.4, 0.5) is 0 Å². The van der Waals surface area contributed by atoms with E-state index in [0.29, 0.717) is 24.8 Å². The second-order valence-corrected chi connectivity index (χ2v) is 4.80. The monoisotopic (exact) mass is 238 g/mol. The molecule has 0 spiro atoms. The van der Waals surface area contributed by atoms with Crippen molar-refractivity contribution in [2.24, 2.45) is 11.7 Å². The van der Waals surface area contributed by atoms with Crippen LogP contribution in [0.5, 0.6) is 0 Å². The third-order valence-corrected chi connectivity index (χ3v) is 3.18. The molecule has 0 heterocycles. The van der Waals surface area contributed by atoms with Crippen molar-refractivity contribution in [3.05, 3.63) is 30.3 Å². The lowest BCUT2D eigenvalue weighted by atomic mass is 10.2. The molecule has 16 heavy (non-hydrogen) atoms. The first-order valence-electron chi connectivity index (χ1n) is 5.37. The van der Waals surface area contributed by atoms with Gasteiger partial charge in [-0.25, -0.2) is 0 Å². The Morgan fingerprint density at radius 1 is 1.44 bits per heavy atom. The van der Waals surface area contributed by atoms with Crippen molar-refractivity contribution in [3.8, 4) is 0 Å². The first kappa shape index (κ1) is 13.1. The predicted molar refractivity (Wildman–Crippen MR) is 68.4 cm³/mol. The zero-order valence-electron chi connectivity index (χ0n) is 9.48. The van der Waals surface area contributed by atoms with Crippen molar-refractivity contribution in [2.45, 2.75) is 11.8 Å². The number of nitrogens with two attached hydrogens (primary N) is 1. The quantitative estimate of drug-likeness (QED) is 0.738. The van der Waals surface area contributed by atoms with Gasteiger partial charge in [0.25, 0.3) is 0 Å². The lowest BCUT2D eigenvalue weighted by Crippen LogP contribution is -2.32. The van der Waals surface area contributed by atoms with E-state index in [-0.39, 0.29) is 5.91 Å². The van der Waals surface area contributed by atoms with E-state index in [2.05, 4.69) is 5.32 Å². The van der Waals surface area contributed by atoms with Gasteiger partial charge in [0.1, 0.15) is 0 Å². The number of nitrogens with one attached hydrogen (secondary N) is 1. The summed E-state index contributed by atoms with van der Waals surface area (Å²) in [5.41, 5.74) is 5.47. The first-order valence-corrected chi connectivity index (χ1v) is 6.35. The average molecular weight is 238 g/mol. The summed E-state index contributed by atoms with van der Waals surface area (Å²) >= 11 is 1.54. The number of benzene rings is 1. The Balaban J connectivity index is 2.20. The molecule has 1 rings (SSSR count). The number of thioether (sulfide) groups is 1. The van der Waals surface area contributed by atoms with Crippen molar-refractivity contribution in [3.63, 3.8) is 0 Å². The second kappa shape index (κ2) is 7.30. The molecule has 88 valence electrons. The van der Waals surface area contributed by atoms with Gasteiger partial charge >= 0.3 is 0 Å². The molecule has 0 fully saturated rings. The molecule has 1 unspecified atom stereocenters. The Bertz CT molecular complexity index is 316. The summed E-state index contributed by atoms with van der Waals surface area (Å²) < 4.78 is 0. The van der Waals surface area contributed by atoms with Gasteiger partial charge in [-0.3, -0.25) is 4.79 Å². The molecular formula is C12H18N2OS. The van der Waals surface area contributed by atoms with Crippen LogP contribution in [0.25, 0.3) is 0 Å². The Morgan fingerprint density at radius 2 is 2.12 bits per heavy atom. The smallest absolute Gasteiger partial charge is 0.230 e. The summed E-state index contributed by atoms with van der Waals surface area (Å²) in [6.07, 6.45) is 0. The normalized spacial score (nSPS) is 12.1. The first-order chi connectivity index (χ1) is 7.72. The largest absolute Gasteiger partial charge is 0.355 e. The van der Waals surface area contributed by atoms with Crippen LogP contribution in [-0.2, 0) is 4.79 Å². The molecule has 0 aliphatic carbocycles. The minimum absolute atomic E-state index is 0.0640. The zero-order valence-corrected chi connectivity index (χ0v) is 10.3. The highest BCUT2D eigenvalue weighted by atomic mass is 32.2. The number of rotatable bonds is 6. The molecule has 3 nitrogen and oxygen atoms in total. The maximum absolute atomic E-state index is 11.5. The van der Waals surface area contributed by atoms with Gasteiger partial charge in [-0.1, -0.05) is 25.1 Å². The number of carbonyl (C=O) groups is 1. The summed E-state index contributed by atoms with van der Waals surface area (Å²) in [4.78, 5) is 12.6. The van der Waals surface area contributed by atoms with Crippen molar-refractivity contribution >= 4 is 17.7 Å². The maximum Gasteiger partial charge on any atom is 0.230 e. The molecule has 0 saturated heterocycles. The molecule has 3 N–H and O–H groups in total. The molecule has 0 radical (unpaired) electrons. The lowest BCUT2D eigenvalue weighted by molar-refractivity contribution is -0.118. The second-order valence-electron chi connectivity index (χ2n) is 3.75. The topological polar surface area (TPSA) is 55.1 Å². The molecular weight excluding hydrogens is 220 g/mol. The van der Waals surface area contributed by atoms with Crippen molar-refractivity contribution in [1.82, 2.24) is 5.32 Å². The van der Waals surface area contributed by atoms with E-state index in [4.69, 9.17) is 5.73 Å². The van der Waals surface area contributed by atoms with Gasteiger partial charge in [0.15, 0.2) is 0 Å². The van der Waals surface area contributed by atoms with Gasteiger partial charge in [0.05, 0.1) is 5.75 Å². The van der Waals surface area contributed by atoms with E-state index in [1.807, 2.05) is 37.3 Å². The molecule has 0 aliphatic heterocycles. The van der Waals surface area contributed by atoms with E-state index in [0.717, 1.165) is 4.90 Å². The van der Waals surface area contributed by atoms with Crippen LogP contribution in [0.3, 0.4) is 0 Å². The number of hydrogen-bond donors (Lipinski definition) is 2. The Kier molecular flexibility index (Phi) is 5.96. The third-order valence-electron chi connectivity index (χ3n) is 2.16. The van der Waals surface area contributed by atoms with E-state index in [1.165, 1.54) is 0 Å². The number of hydrogen-bond acceptors (Lipinski definition) is 3. The summed E-state index contributed by atoms with van der Waals surface area (Å²) in [5.74, 6) is 0.862. The summed E-state index contributed by atoms with van der Waals surface area (Å²) in [5, 5.41) is 2.86. The third kappa shape index (κ3) is 5.19. The van der Waals surface area contributed by atoms with Crippen LogP contribution in [0.15, 0.2) is 35.2 Å². The van der Waals surface area contributed by atoms with Crippen LogP contribution in [-0.4, -0.2) is 24.7 Å². The summed E-state index contributed by atoms with van der Waals surface area (Å²) in [6.45, 7) is 3.28. The minimum atomic E-state index is 0.0640. The molecule has 4 heteroatoms. The molecule has 0 aromatic heterocycles. The maximum atomic E-state index is 11.5. The fraction of sp³-hybridized carbons (Fsp3) is 0.417. The van der Waals surface area contributed by atoms with Gasteiger partial charge in [0.2, 0.25) is 5.91 Å². The van der Waals surface area contributed by atoms with Crippen LogP contribution in [0.2, 0.25) is 0 Å². The Labute approximate surface area is 101 Å². The fourth-order valence-electron chi connectivity index (χ4n) is 1.09. The molecule has 0 saturated carbocycles. The van der Waals surface area contributed by atoms with Gasteiger partial charge in [-0.15, -0.1) is 11.8 Å². The minimum Gasteiger partial charge on any atom is -0.355 e. The predicted octanol–water partition coefficient (Wildman–Crippen LogP) is 1.49.